The van der Waals surface area contributed by atoms with Crippen LogP contribution in [0.5, 0.6) is 0 Å². The molecular weight excluding hydrogens is 605 g/mol. The number of hydrogen-bond donors (Lipinski definition) is 3. The summed E-state index contributed by atoms with van der Waals surface area (Å²) in [6, 6.07) is 0. The second-order valence-electron chi connectivity index (χ2n) is 12.2. The molecule has 2 atom stereocenters. The van der Waals surface area contributed by atoms with Gasteiger partial charge >= 0.3 is 13.8 Å². The van der Waals surface area contributed by atoms with Gasteiger partial charge in [0.05, 0.1) is 13.2 Å². The quantitative estimate of drug-likeness (QED) is 0.0267. The van der Waals surface area contributed by atoms with Crippen LogP contribution in [0.25, 0.3) is 0 Å². The molecule has 0 aromatic carbocycles. The van der Waals surface area contributed by atoms with Gasteiger partial charge in [0.1, 0.15) is 12.7 Å². The Balaban J connectivity index is 3.65. The lowest BCUT2D eigenvalue weighted by molar-refractivity contribution is -0.147. The lowest BCUT2D eigenvalue weighted by atomic mass is 10.1. The number of aliphatic hydroxyl groups is 1. The van der Waals surface area contributed by atoms with Crippen LogP contribution in [0, 0.1) is 0 Å². The van der Waals surface area contributed by atoms with Crippen LogP contribution in [0.2, 0.25) is 0 Å². The molecule has 0 heterocycles. The molecular formula is C36H68NO8P. The van der Waals surface area contributed by atoms with Crippen molar-refractivity contribution in [2.45, 2.75) is 168 Å². The number of rotatable bonds is 34. The summed E-state index contributed by atoms with van der Waals surface area (Å²) >= 11 is 0. The first-order valence-corrected chi connectivity index (χ1v) is 19.8. The molecule has 10 heteroatoms. The highest BCUT2D eigenvalue weighted by molar-refractivity contribution is 7.47. The Morgan fingerprint density at radius 1 is 0.652 bits per heavy atom. The largest absolute Gasteiger partial charge is 0.472 e. The van der Waals surface area contributed by atoms with Crippen LogP contribution in [0.3, 0.4) is 0 Å². The highest BCUT2D eigenvalue weighted by Crippen LogP contribution is 2.42. The molecule has 0 bridgehead atoms. The minimum absolute atomic E-state index is 0.0767. The Hall–Kier alpha value is -1.51. The molecule has 0 aliphatic heterocycles. The smallest absolute Gasteiger partial charge is 0.463 e. The third-order valence-electron chi connectivity index (χ3n) is 7.58. The van der Waals surface area contributed by atoms with Crippen molar-refractivity contribution in [2.75, 3.05) is 26.4 Å². The summed E-state index contributed by atoms with van der Waals surface area (Å²) in [5.41, 5.74) is 0. The Kier molecular flexibility index (Phi) is 32.3. The van der Waals surface area contributed by atoms with Gasteiger partial charge in [-0.1, -0.05) is 115 Å². The van der Waals surface area contributed by atoms with E-state index in [-0.39, 0.29) is 32.1 Å². The predicted molar refractivity (Wildman–Crippen MR) is 188 cm³/mol. The summed E-state index contributed by atoms with van der Waals surface area (Å²) in [5.74, 6) is -0.537. The van der Waals surface area contributed by atoms with E-state index in [0.29, 0.717) is 6.42 Å². The monoisotopic (exact) mass is 673 g/mol. The zero-order chi connectivity index (χ0) is 34.0. The molecule has 0 aromatic heterocycles. The van der Waals surface area contributed by atoms with Gasteiger partial charge in [-0.05, 0) is 57.8 Å². The van der Waals surface area contributed by atoms with Gasteiger partial charge in [0, 0.05) is 19.4 Å². The number of phosphoric ester groups is 1. The number of phosphoric acid groups is 1. The fourth-order valence-corrected chi connectivity index (χ4v) is 5.54. The first-order chi connectivity index (χ1) is 22.3. The zero-order valence-corrected chi connectivity index (χ0v) is 30.2. The molecule has 0 spiro atoms. The highest BCUT2D eigenvalue weighted by Gasteiger charge is 2.23. The molecule has 2 unspecified atom stereocenters. The molecule has 0 aliphatic carbocycles. The summed E-state index contributed by atoms with van der Waals surface area (Å²) in [4.78, 5) is 33.6. The van der Waals surface area contributed by atoms with Gasteiger partial charge in [0.25, 0.3) is 0 Å². The van der Waals surface area contributed by atoms with Crippen molar-refractivity contribution in [2.24, 2.45) is 0 Å². The van der Waals surface area contributed by atoms with Gasteiger partial charge in [-0.25, -0.2) is 4.57 Å². The molecule has 0 rings (SSSR count). The summed E-state index contributed by atoms with van der Waals surface area (Å²) in [6.45, 7) is 3.45. The molecule has 0 saturated carbocycles. The Bertz CT molecular complexity index is 820. The van der Waals surface area contributed by atoms with E-state index in [1.54, 1.807) is 0 Å². The summed E-state index contributed by atoms with van der Waals surface area (Å²) in [7, 11) is -4.41. The number of allylic oxidation sites excluding steroid dienone is 4. The number of aliphatic hydroxyl groups excluding tert-OH is 1. The lowest BCUT2D eigenvalue weighted by Crippen LogP contribution is -2.27. The van der Waals surface area contributed by atoms with E-state index in [1.807, 2.05) is 0 Å². The van der Waals surface area contributed by atoms with Crippen molar-refractivity contribution >= 4 is 19.7 Å². The third-order valence-corrected chi connectivity index (χ3v) is 8.57. The Labute approximate surface area is 280 Å². The van der Waals surface area contributed by atoms with Crippen molar-refractivity contribution < 1.29 is 37.9 Å². The maximum absolute atomic E-state index is 12.0. The van der Waals surface area contributed by atoms with E-state index >= 15 is 0 Å². The number of unbranched alkanes of at least 4 members (excludes halogenated alkanes) is 17. The fraction of sp³-hybridized carbons (Fsp3) is 0.833. The summed E-state index contributed by atoms with van der Waals surface area (Å²) in [6.07, 6.45) is 32.5. The second kappa shape index (κ2) is 33.4. The first kappa shape index (κ1) is 44.5. The molecule has 0 radical (unpaired) electrons. The standard InChI is InChI=1S/C36H68NO8P/c1-3-5-7-9-11-13-15-16-17-18-19-21-23-25-27-29-36(40)43-32-34(38)33-45-46(41,42)44-31-30-37-35(39)28-26-24-22-20-14-12-10-8-6-4-2/h8,10,16-17,34,38H,3-7,9,11-15,18-33H2,1-2H3,(H,37,39)(H,41,42)/b10-8-,17-16-. The lowest BCUT2D eigenvalue weighted by Gasteiger charge is -2.15. The number of hydrogen-bond acceptors (Lipinski definition) is 7. The molecule has 0 fully saturated rings. The molecule has 1 amide bonds. The van der Waals surface area contributed by atoms with Gasteiger partial charge in [0.2, 0.25) is 5.91 Å². The normalized spacial score (nSPS) is 13.7. The van der Waals surface area contributed by atoms with Crippen LogP contribution in [-0.2, 0) is 27.9 Å². The van der Waals surface area contributed by atoms with Crippen molar-refractivity contribution in [3.05, 3.63) is 24.3 Å². The van der Waals surface area contributed by atoms with Gasteiger partial charge in [-0.15, -0.1) is 0 Å². The summed E-state index contributed by atoms with van der Waals surface area (Å²) in [5, 5.41) is 12.6. The molecule has 9 nitrogen and oxygen atoms in total. The van der Waals surface area contributed by atoms with Crippen LogP contribution in [0.1, 0.15) is 162 Å². The average molecular weight is 674 g/mol. The maximum atomic E-state index is 12.0. The Morgan fingerprint density at radius 2 is 1.15 bits per heavy atom. The first-order valence-electron chi connectivity index (χ1n) is 18.3. The van der Waals surface area contributed by atoms with Gasteiger partial charge in [-0.3, -0.25) is 18.6 Å². The van der Waals surface area contributed by atoms with E-state index in [9.17, 15) is 24.2 Å². The molecule has 0 saturated heterocycles. The molecule has 0 aliphatic rings. The fourth-order valence-electron chi connectivity index (χ4n) is 4.79. The van der Waals surface area contributed by atoms with Gasteiger partial charge < -0.3 is 20.1 Å². The van der Waals surface area contributed by atoms with E-state index in [4.69, 9.17) is 13.8 Å². The Morgan fingerprint density at radius 3 is 1.72 bits per heavy atom. The minimum Gasteiger partial charge on any atom is -0.463 e. The van der Waals surface area contributed by atoms with Crippen molar-refractivity contribution in [3.63, 3.8) is 0 Å². The average Bonchev–Trinajstić information content (AvgIpc) is 3.04. The predicted octanol–water partition coefficient (Wildman–Crippen LogP) is 9.26. The number of carbonyl (C=O) groups is 2. The topological polar surface area (TPSA) is 131 Å². The minimum atomic E-state index is -4.41. The van der Waals surface area contributed by atoms with Gasteiger partial charge in [0.15, 0.2) is 0 Å². The number of carbonyl (C=O) groups excluding carboxylic acids is 2. The third kappa shape index (κ3) is 33.8. The number of nitrogens with one attached hydrogen (secondary N) is 1. The van der Waals surface area contributed by atoms with Crippen molar-refractivity contribution in [3.8, 4) is 0 Å². The van der Waals surface area contributed by atoms with Crippen molar-refractivity contribution in [1.82, 2.24) is 5.32 Å². The highest BCUT2D eigenvalue weighted by atomic mass is 31.2. The summed E-state index contributed by atoms with van der Waals surface area (Å²) < 4.78 is 26.7. The molecule has 3 N–H and O–H groups in total. The number of amides is 1. The molecule has 0 aromatic rings. The van der Waals surface area contributed by atoms with Crippen molar-refractivity contribution in [1.29, 1.82) is 0 Å². The zero-order valence-electron chi connectivity index (χ0n) is 29.3. The van der Waals surface area contributed by atoms with E-state index < -0.39 is 26.5 Å². The van der Waals surface area contributed by atoms with Gasteiger partial charge in [-0.2, -0.15) is 0 Å². The van der Waals surface area contributed by atoms with Crippen LogP contribution >= 0.6 is 7.82 Å². The maximum Gasteiger partial charge on any atom is 0.472 e. The molecule has 46 heavy (non-hydrogen) atoms. The van der Waals surface area contributed by atoms with Crippen LogP contribution in [0.4, 0.5) is 0 Å². The van der Waals surface area contributed by atoms with E-state index in [0.717, 1.165) is 77.0 Å². The number of esters is 1. The van der Waals surface area contributed by atoms with Crippen LogP contribution < -0.4 is 5.32 Å². The molecule has 270 valence electrons. The number of ether oxygens (including phenoxy) is 1. The van der Waals surface area contributed by atoms with E-state index in [1.165, 1.54) is 57.8 Å². The van der Waals surface area contributed by atoms with E-state index in [2.05, 4.69) is 43.5 Å². The van der Waals surface area contributed by atoms with Crippen LogP contribution in [-0.4, -0.2) is 54.3 Å². The second-order valence-corrected chi connectivity index (χ2v) is 13.6. The SMILES string of the molecule is CCC/C=C\CCCCCCCC(=O)NCCOP(=O)(O)OCC(O)COC(=O)CCCCCCC/C=C\CCCCCCCC. The van der Waals surface area contributed by atoms with Crippen LogP contribution in [0.15, 0.2) is 24.3 Å².